The Kier molecular flexibility index (Phi) is 3.88. The number of aliphatic carboxylic acids is 1. The molecule has 4 nitrogen and oxygen atoms in total. The predicted octanol–water partition coefficient (Wildman–Crippen LogP) is 2.71. The molecule has 0 atom stereocenters. The van der Waals surface area contributed by atoms with E-state index in [0.29, 0.717) is 10.6 Å². The fourth-order valence-electron chi connectivity index (χ4n) is 1.44. The topological polar surface area (TPSA) is 66.8 Å². The summed E-state index contributed by atoms with van der Waals surface area (Å²) in [7, 11) is 1.43. The maximum atomic E-state index is 11.0. The van der Waals surface area contributed by atoms with E-state index in [4.69, 9.17) is 21.4 Å². The number of aromatic hydroxyl groups is 1. The average molecular weight is 259 g/mol. The second-order valence-corrected chi connectivity index (χ2v) is 4.89. The van der Waals surface area contributed by atoms with E-state index >= 15 is 0 Å². The van der Waals surface area contributed by atoms with Crippen molar-refractivity contribution < 1.29 is 19.7 Å². The van der Waals surface area contributed by atoms with Crippen LogP contribution in [0.15, 0.2) is 12.1 Å². The van der Waals surface area contributed by atoms with Gasteiger partial charge >= 0.3 is 5.97 Å². The summed E-state index contributed by atoms with van der Waals surface area (Å²) in [5.41, 5.74) is -0.292. The van der Waals surface area contributed by atoms with Gasteiger partial charge < -0.3 is 14.9 Å². The van der Waals surface area contributed by atoms with Crippen LogP contribution in [0.3, 0.4) is 0 Å². The molecule has 0 heterocycles. The third-order valence-corrected chi connectivity index (χ3v) is 2.91. The molecule has 1 aromatic carbocycles. The number of halogens is 1. The van der Waals surface area contributed by atoms with Crippen molar-refractivity contribution in [3.63, 3.8) is 0 Å². The van der Waals surface area contributed by atoms with Crippen LogP contribution in [0.5, 0.6) is 11.5 Å². The Morgan fingerprint density at radius 3 is 2.53 bits per heavy atom. The molecule has 2 N–H and O–H groups in total. The number of rotatable bonds is 4. The molecular weight excluding hydrogens is 244 g/mol. The maximum Gasteiger partial charge on any atom is 0.309 e. The zero-order valence-corrected chi connectivity index (χ0v) is 10.7. The molecular formula is C12H15ClO4. The summed E-state index contributed by atoms with van der Waals surface area (Å²) < 4.78 is 4.96. The zero-order valence-electron chi connectivity index (χ0n) is 9.95. The van der Waals surface area contributed by atoms with Crippen molar-refractivity contribution >= 4 is 17.6 Å². The van der Waals surface area contributed by atoms with Crippen LogP contribution in [-0.4, -0.2) is 23.3 Å². The smallest absolute Gasteiger partial charge is 0.309 e. The first kappa shape index (κ1) is 13.6. The van der Waals surface area contributed by atoms with Gasteiger partial charge in [0.15, 0.2) is 11.5 Å². The quantitative estimate of drug-likeness (QED) is 0.871. The largest absolute Gasteiger partial charge is 0.504 e. The summed E-state index contributed by atoms with van der Waals surface area (Å²) in [6.45, 7) is 3.23. The SMILES string of the molecule is COc1cc(CC(C)(C)C(=O)O)c(Cl)cc1O. The van der Waals surface area contributed by atoms with Crippen molar-refractivity contribution in [1.82, 2.24) is 0 Å². The van der Waals surface area contributed by atoms with Gasteiger partial charge in [0, 0.05) is 11.1 Å². The predicted molar refractivity (Wildman–Crippen MR) is 64.8 cm³/mol. The van der Waals surface area contributed by atoms with E-state index in [0.717, 1.165) is 0 Å². The van der Waals surface area contributed by atoms with Crippen LogP contribution >= 0.6 is 11.6 Å². The van der Waals surface area contributed by atoms with Crippen molar-refractivity contribution in [3.05, 3.63) is 22.7 Å². The lowest BCUT2D eigenvalue weighted by Crippen LogP contribution is -2.26. The van der Waals surface area contributed by atoms with E-state index in [1.54, 1.807) is 19.9 Å². The molecule has 0 saturated carbocycles. The molecule has 1 rings (SSSR count). The molecule has 0 amide bonds. The van der Waals surface area contributed by atoms with Gasteiger partial charge in [-0.3, -0.25) is 4.79 Å². The Bertz CT molecular complexity index is 440. The number of ether oxygens (including phenoxy) is 1. The van der Waals surface area contributed by atoms with Gasteiger partial charge in [-0.15, -0.1) is 0 Å². The number of carbonyl (C=O) groups is 1. The van der Waals surface area contributed by atoms with Gasteiger partial charge in [0.1, 0.15) is 0 Å². The van der Waals surface area contributed by atoms with E-state index in [9.17, 15) is 9.90 Å². The maximum absolute atomic E-state index is 11.0. The fourth-order valence-corrected chi connectivity index (χ4v) is 1.66. The Hall–Kier alpha value is -1.42. The van der Waals surface area contributed by atoms with E-state index < -0.39 is 11.4 Å². The normalized spacial score (nSPS) is 11.3. The van der Waals surface area contributed by atoms with Crippen LogP contribution in [0.2, 0.25) is 5.02 Å². The van der Waals surface area contributed by atoms with Crippen molar-refractivity contribution in [1.29, 1.82) is 0 Å². The van der Waals surface area contributed by atoms with Crippen LogP contribution in [0.1, 0.15) is 19.4 Å². The van der Waals surface area contributed by atoms with Crippen LogP contribution in [-0.2, 0) is 11.2 Å². The average Bonchev–Trinajstić information content (AvgIpc) is 2.21. The van der Waals surface area contributed by atoms with Crippen molar-refractivity contribution in [2.75, 3.05) is 7.11 Å². The third kappa shape index (κ3) is 3.03. The Balaban J connectivity index is 3.11. The van der Waals surface area contributed by atoms with E-state index in [1.807, 2.05) is 0 Å². The summed E-state index contributed by atoms with van der Waals surface area (Å²) in [6.07, 6.45) is 0.262. The summed E-state index contributed by atoms with van der Waals surface area (Å²) in [4.78, 5) is 11.0. The molecule has 0 aromatic heterocycles. The van der Waals surface area contributed by atoms with E-state index in [1.165, 1.54) is 13.2 Å². The number of methoxy groups -OCH3 is 1. The first-order chi connectivity index (χ1) is 7.77. The van der Waals surface area contributed by atoms with Crippen molar-refractivity contribution in [2.24, 2.45) is 5.41 Å². The van der Waals surface area contributed by atoms with Gasteiger partial charge in [-0.05, 0) is 31.9 Å². The summed E-state index contributed by atoms with van der Waals surface area (Å²) >= 11 is 5.96. The Morgan fingerprint density at radius 1 is 1.47 bits per heavy atom. The summed E-state index contributed by atoms with van der Waals surface area (Å²) in [5, 5.41) is 18.9. The van der Waals surface area contributed by atoms with Gasteiger partial charge in [-0.2, -0.15) is 0 Å². The second kappa shape index (κ2) is 4.84. The van der Waals surface area contributed by atoms with Gasteiger partial charge in [0.25, 0.3) is 0 Å². The first-order valence-corrected chi connectivity index (χ1v) is 5.44. The lowest BCUT2D eigenvalue weighted by molar-refractivity contribution is -0.146. The van der Waals surface area contributed by atoms with Crippen LogP contribution in [0, 0.1) is 5.41 Å². The molecule has 1 aromatic rings. The number of hydrogen-bond acceptors (Lipinski definition) is 3. The molecule has 0 saturated heterocycles. The monoisotopic (exact) mass is 258 g/mol. The van der Waals surface area contributed by atoms with E-state index in [2.05, 4.69) is 0 Å². The third-order valence-electron chi connectivity index (χ3n) is 2.56. The second-order valence-electron chi connectivity index (χ2n) is 4.48. The molecule has 0 bridgehead atoms. The molecule has 94 valence electrons. The minimum Gasteiger partial charge on any atom is -0.504 e. The zero-order chi connectivity index (χ0) is 13.2. The van der Waals surface area contributed by atoms with Crippen LogP contribution in [0.25, 0.3) is 0 Å². The van der Waals surface area contributed by atoms with Crippen LogP contribution in [0.4, 0.5) is 0 Å². The summed E-state index contributed by atoms with van der Waals surface area (Å²) in [5.74, 6) is -0.680. The van der Waals surface area contributed by atoms with Crippen molar-refractivity contribution in [3.8, 4) is 11.5 Å². The van der Waals surface area contributed by atoms with Gasteiger partial charge in [-0.25, -0.2) is 0 Å². The highest BCUT2D eigenvalue weighted by atomic mass is 35.5. The minimum absolute atomic E-state index is 0.0608. The fraction of sp³-hybridized carbons (Fsp3) is 0.417. The molecule has 0 spiro atoms. The van der Waals surface area contributed by atoms with Crippen LogP contribution < -0.4 is 4.74 Å². The minimum atomic E-state index is -0.925. The molecule has 0 fully saturated rings. The number of carboxylic acids is 1. The first-order valence-electron chi connectivity index (χ1n) is 5.06. The van der Waals surface area contributed by atoms with Gasteiger partial charge in [0.05, 0.1) is 12.5 Å². The van der Waals surface area contributed by atoms with Gasteiger partial charge in [-0.1, -0.05) is 11.6 Å². The number of carboxylic acid groups (broad SMARTS) is 1. The standard InChI is InChI=1S/C12H15ClO4/c1-12(2,11(15)16)6-7-4-10(17-3)9(14)5-8(7)13/h4-5,14H,6H2,1-3H3,(H,15,16). The number of hydrogen-bond donors (Lipinski definition) is 2. The lowest BCUT2D eigenvalue weighted by Gasteiger charge is -2.20. The molecule has 0 aliphatic carbocycles. The van der Waals surface area contributed by atoms with E-state index in [-0.39, 0.29) is 17.9 Å². The van der Waals surface area contributed by atoms with Gasteiger partial charge in [0.2, 0.25) is 0 Å². The number of benzene rings is 1. The Morgan fingerprint density at radius 2 is 2.06 bits per heavy atom. The van der Waals surface area contributed by atoms with Crippen molar-refractivity contribution in [2.45, 2.75) is 20.3 Å². The summed E-state index contributed by atoms with van der Waals surface area (Å²) in [6, 6.07) is 2.91. The molecule has 5 heteroatoms. The molecule has 0 radical (unpaired) electrons. The highest BCUT2D eigenvalue weighted by molar-refractivity contribution is 6.31. The highest BCUT2D eigenvalue weighted by Gasteiger charge is 2.28. The molecule has 0 aliphatic rings. The molecule has 0 unspecified atom stereocenters. The number of phenols is 1. The highest BCUT2D eigenvalue weighted by Crippen LogP contribution is 2.35. The number of phenolic OH excluding ortho intramolecular Hbond substituents is 1. The lowest BCUT2D eigenvalue weighted by atomic mass is 9.86. The molecule has 17 heavy (non-hydrogen) atoms. The Labute approximate surface area is 105 Å². The molecule has 0 aliphatic heterocycles.